The SMILES string of the molecule is CN(CCC1OCCCO1)C1CC1. The zero-order valence-corrected chi connectivity index (χ0v) is 8.37. The standard InChI is InChI=1S/C10H19NO2/c1-11(9-3-4-9)6-5-10-12-7-2-8-13-10/h9-10H,2-8H2,1H3. The third-order valence-electron chi connectivity index (χ3n) is 2.78. The van der Waals surface area contributed by atoms with E-state index in [1.807, 2.05) is 0 Å². The molecule has 1 aliphatic heterocycles. The number of nitrogens with zero attached hydrogens (tertiary/aromatic N) is 1. The molecule has 2 fully saturated rings. The van der Waals surface area contributed by atoms with Gasteiger partial charge in [-0.3, -0.25) is 0 Å². The van der Waals surface area contributed by atoms with Crippen molar-refractivity contribution in [2.75, 3.05) is 26.8 Å². The first-order valence-electron chi connectivity index (χ1n) is 5.30. The number of hydrogen-bond acceptors (Lipinski definition) is 3. The predicted molar refractivity (Wildman–Crippen MR) is 50.6 cm³/mol. The largest absolute Gasteiger partial charge is 0.353 e. The van der Waals surface area contributed by atoms with E-state index in [9.17, 15) is 0 Å². The summed E-state index contributed by atoms with van der Waals surface area (Å²) in [5.74, 6) is 0. The number of hydrogen-bond donors (Lipinski definition) is 0. The molecule has 1 aliphatic carbocycles. The highest BCUT2D eigenvalue weighted by molar-refractivity contribution is 4.82. The highest BCUT2D eigenvalue weighted by Gasteiger charge is 2.26. The minimum Gasteiger partial charge on any atom is -0.353 e. The first-order chi connectivity index (χ1) is 6.36. The van der Waals surface area contributed by atoms with E-state index in [1.54, 1.807) is 0 Å². The van der Waals surface area contributed by atoms with Crippen molar-refractivity contribution in [1.82, 2.24) is 4.90 Å². The summed E-state index contributed by atoms with van der Waals surface area (Å²) in [5, 5.41) is 0. The lowest BCUT2D eigenvalue weighted by Crippen LogP contribution is -2.30. The quantitative estimate of drug-likeness (QED) is 0.657. The molecule has 1 saturated heterocycles. The second-order valence-corrected chi connectivity index (χ2v) is 4.03. The zero-order chi connectivity index (χ0) is 9.10. The van der Waals surface area contributed by atoms with Crippen LogP contribution in [0.2, 0.25) is 0 Å². The maximum absolute atomic E-state index is 5.48. The van der Waals surface area contributed by atoms with Gasteiger partial charge in [-0.2, -0.15) is 0 Å². The van der Waals surface area contributed by atoms with Crippen molar-refractivity contribution < 1.29 is 9.47 Å². The van der Waals surface area contributed by atoms with Gasteiger partial charge in [0, 0.05) is 19.0 Å². The Morgan fingerprint density at radius 1 is 1.23 bits per heavy atom. The lowest BCUT2D eigenvalue weighted by Gasteiger charge is -2.25. The molecule has 76 valence electrons. The Bertz CT molecular complexity index is 153. The molecule has 1 heterocycles. The Hall–Kier alpha value is -0.120. The summed E-state index contributed by atoms with van der Waals surface area (Å²) < 4.78 is 11.0. The topological polar surface area (TPSA) is 21.7 Å². The minimum absolute atomic E-state index is 0.0648. The fourth-order valence-corrected chi connectivity index (χ4v) is 1.71. The molecule has 3 nitrogen and oxygen atoms in total. The predicted octanol–water partition coefficient (Wildman–Crippen LogP) is 1.23. The van der Waals surface area contributed by atoms with Crippen molar-refractivity contribution in [3.63, 3.8) is 0 Å². The van der Waals surface area contributed by atoms with Gasteiger partial charge in [-0.05, 0) is 26.3 Å². The Morgan fingerprint density at radius 2 is 1.92 bits per heavy atom. The molecule has 0 unspecified atom stereocenters. The Morgan fingerprint density at radius 3 is 2.54 bits per heavy atom. The molecule has 0 N–H and O–H groups in total. The summed E-state index contributed by atoms with van der Waals surface area (Å²) in [7, 11) is 2.19. The van der Waals surface area contributed by atoms with E-state index in [0.717, 1.165) is 38.6 Å². The molecular formula is C10H19NO2. The van der Waals surface area contributed by atoms with E-state index >= 15 is 0 Å². The van der Waals surface area contributed by atoms with Crippen LogP contribution in [0.25, 0.3) is 0 Å². The maximum Gasteiger partial charge on any atom is 0.158 e. The summed E-state index contributed by atoms with van der Waals surface area (Å²) in [5.41, 5.74) is 0. The van der Waals surface area contributed by atoms with Gasteiger partial charge in [-0.15, -0.1) is 0 Å². The van der Waals surface area contributed by atoms with Gasteiger partial charge >= 0.3 is 0 Å². The Balaban J connectivity index is 1.60. The van der Waals surface area contributed by atoms with E-state index < -0.39 is 0 Å². The van der Waals surface area contributed by atoms with Gasteiger partial charge < -0.3 is 14.4 Å². The van der Waals surface area contributed by atoms with E-state index in [1.165, 1.54) is 12.8 Å². The molecule has 13 heavy (non-hydrogen) atoms. The summed E-state index contributed by atoms with van der Waals surface area (Å²) in [4.78, 5) is 2.42. The lowest BCUT2D eigenvalue weighted by molar-refractivity contribution is -0.182. The van der Waals surface area contributed by atoms with Crippen LogP contribution >= 0.6 is 0 Å². The number of ether oxygens (including phenoxy) is 2. The first-order valence-corrected chi connectivity index (χ1v) is 5.30. The fourth-order valence-electron chi connectivity index (χ4n) is 1.71. The average molecular weight is 185 g/mol. The van der Waals surface area contributed by atoms with Crippen LogP contribution in [0.4, 0.5) is 0 Å². The summed E-state index contributed by atoms with van der Waals surface area (Å²) in [6.07, 6.45) is 4.89. The summed E-state index contributed by atoms with van der Waals surface area (Å²) in [6.45, 7) is 2.85. The molecule has 3 heteroatoms. The van der Waals surface area contributed by atoms with Gasteiger partial charge in [0.1, 0.15) is 0 Å². The highest BCUT2D eigenvalue weighted by Crippen LogP contribution is 2.25. The Kier molecular flexibility index (Phi) is 3.19. The van der Waals surface area contributed by atoms with Gasteiger partial charge in [0.25, 0.3) is 0 Å². The first kappa shape index (κ1) is 9.44. The van der Waals surface area contributed by atoms with Crippen LogP contribution in [-0.2, 0) is 9.47 Å². The van der Waals surface area contributed by atoms with Crippen molar-refractivity contribution in [2.24, 2.45) is 0 Å². The van der Waals surface area contributed by atoms with Gasteiger partial charge in [-0.1, -0.05) is 0 Å². The molecule has 0 atom stereocenters. The fraction of sp³-hybridized carbons (Fsp3) is 1.00. The van der Waals surface area contributed by atoms with Crippen molar-refractivity contribution in [3.8, 4) is 0 Å². The van der Waals surface area contributed by atoms with Crippen molar-refractivity contribution in [2.45, 2.75) is 38.0 Å². The van der Waals surface area contributed by atoms with Crippen molar-refractivity contribution in [1.29, 1.82) is 0 Å². The van der Waals surface area contributed by atoms with Crippen LogP contribution < -0.4 is 0 Å². The molecule has 0 aromatic rings. The van der Waals surface area contributed by atoms with Crippen LogP contribution in [0, 0.1) is 0 Å². The molecule has 2 aliphatic rings. The van der Waals surface area contributed by atoms with Crippen LogP contribution in [-0.4, -0.2) is 44.0 Å². The van der Waals surface area contributed by atoms with Gasteiger partial charge in [-0.25, -0.2) is 0 Å². The van der Waals surface area contributed by atoms with E-state index in [4.69, 9.17) is 9.47 Å². The lowest BCUT2D eigenvalue weighted by atomic mass is 10.3. The molecular weight excluding hydrogens is 166 g/mol. The normalized spacial score (nSPS) is 25.4. The van der Waals surface area contributed by atoms with E-state index in [-0.39, 0.29) is 6.29 Å². The molecule has 0 radical (unpaired) electrons. The van der Waals surface area contributed by atoms with Gasteiger partial charge in [0.05, 0.1) is 13.2 Å². The highest BCUT2D eigenvalue weighted by atomic mass is 16.7. The second kappa shape index (κ2) is 4.40. The van der Waals surface area contributed by atoms with Crippen LogP contribution in [0.1, 0.15) is 25.7 Å². The number of rotatable bonds is 4. The van der Waals surface area contributed by atoms with Crippen LogP contribution in [0.3, 0.4) is 0 Å². The molecule has 0 bridgehead atoms. The van der Waals surface area contributed by atoms with Gasteiger partial charge in [0.15, 0.2) is 6.29 Å². The van der Waals surface area contributed by atoms with Crippen molar-refractivity contribution in [3.05, 3.63) is 0 Å². The molecule has 0 aromatic heterocycles. The third kappa shape index (κ3) is 2.93. The maximum atomic E-state index is 5.48. The van der Waals surface area contributed by atoms with Gasteiger partial charge in [0.2, 0.25) is 0 Å². The molecule has 0 spiro atoms. The van der Waals surface area contributed by atoms with E-state index in [2.05, 4.69) is 11.9 Å². The van der Waals surface area contributed by atoms with Crippen LogP contribution in [0.5, 0.6) is 0 Å². The van der Waals surface area contributed by atoms with Crippen molar-refractivity contribution >= 4 is 0 Å². The van der Waals surface area contributed by atoms with Crippen LogP contribution in [0.15, 0.2) is 0 Å². The second-order valence-electron chi connectivity index (χ2n) is 4.03. The zero-order valence-electron chi connectivity index (χ0n) is 8.37. The molecule has 0 aromatic carbocycles. The smallest absolute Gasteiger partial charge is 0.158 e. The third-order valence-corrected chi connectivity index (χ3v) is 2.78. The molecule has 1 saturated carbocycles. The minimum atomic E-state index is 0.0648. The summed E-state index contributed by atoms with van der Waals surface area (Å²) >= 11 is 0. The molecule has 0 amide bonds. The average Bonchev–Trinajstić information content (AvgIpc) is 2.99. The van der Waals surface area contributed by atoms with E-state index in [0.29, 0.717) is 0 Å². The summed E-state index contributed by atoms with van der Waals surface area (Å²) in [6, 6.07) is 0.851. The monoisotopic (exact) mass is 185 g/mol. The molecule has 2 rings (SSSR count). The Labute approximate surface area is 80.0 Å².